The van der Waals surface area contributed by atoms with E-state index in [0.29, 0.717) is 5.56 Å². The lowest BCUT2D eigenvalue weighted by molar-refractivity contribution is -0.384. The van der Waals surface area contributed by atoms with Crippen LogP contribution >= 0.6 is 11.8 Å². The maximum atomic E-state index is 12.6. The standard InChI is InChI=1S/C18H20N2O3S/c1-13(16-5-4-6-17(11-16)20(22)23)19(2)18(21)15-9-7-14(8-10-15)12-24-3/h4-11,13H,12H2,1-3H3/t13-/m1/s1. The lowest BCUT2D eigenvalue weighted by atomic mass is 10.0. The molecule has 0 saturated heterocycles. The molecule has 0 aromatic heterocycles. The average Bonchev–Trinajstić information content (AvgIpc) is 2.61. The highest BCUT2D eigenvalue weighted by atomic mass is 32.2. The zero-order chi connectivity index (χ0) is 17.7. The molecule has 0 bridgehead atoms. The third-order valence-electron chi connectivity index (χ3n) is 3.98. The molecule has 0 saturated carbocycles. The number of nitro benzene ring substituents is 1. The smallest absolute Gasteiger partial charge is 0.269 e. The van der Waals surface area contributed by atoms with Gasteiger partial charge in [-0.25, -0.2) is 0 Å². The summed E-state index contributed by atoms with van der Waals surface area (Å²) < 4.78 is 0. The Morgan fingerprint density at radius 2 is 1.92 bits per heavy atom. The molecule has 2 rings (SSSR count). The quantitative estimate of drug-likeness (QED) is 0.579. The SMILES string of the molecule is CSCc1ccc(C(=O)N(C)[C@H](C)c2cccc([N+](=O)[O-])c2)cc1. The van der Waals surface area contributed by atoms with Gasteiger partial charge in [-0.15, -0.1) is 0 Å². The fraction of sp³-hybridized carbons (Fsp3) is 0.278. The largest absolute Gasteiger partial charge is 0.335 e. The summed E-state index contributed by atoms with van der Waals surface area (Å²) in [7, 11) is 1.71. The Labute approximate surface area is 145 Å². The molecule has 5 nitrogen and oxygen atoms in total. The van der Waals surface area contributed by atoms with Crippen molar-refractivity contribution in [2.24, 2.45) is 0 Å². The molecule has 2 aromatic carbocycles. The first kappa shape index (κ1) is 18.0. The molecule has 126 valence electrons. The lowest BCUT2D eigenvalue weighted by Crippen LogP contribution is -2.29. The Morgan fingerprint density at radius 1 is 1.25 bits per heavy atom. The Kier molecular flexibility index (Phi) is 5.98. The second kappa shape index (κ2) is 7.97. The van der Waals surface area contributed by atoms with Crippen molar-refractivity contribution in [2.45, 2.75) is 18.7 Å². The molecule has 0 fully saturated rings. The number of amides is 1. The van der Waals surface area contributed by atoms with E-state index in [-0.39, 0.29) is 17.6 Å². The van der Waals surface area contributed by atoms with Crippen molar-refractivity contribution in [3.8, 4) is 0 Å². The van der Waals surface area contributed by atoms with Gasteiger partial charge in [0.15, 0.2) is 0 Å². The fourth-order valence-corrected chi connectivity index (χ4v) is 2.94. The summed E-state index contributed by atoms with van der Waals surface area (Å²) in [5.41, 5.74) is 2.55. The Balaban J connectivity index is 2.17. The van der Waals surface area contributed by atoms with Crippen molar-refractivity contribution in [3.05, 3.63) is 75.3 Å². The number of carbonyl (C=O) groups excluding carboxylic acids is 1. The van der Waals surface area contributed by atoms with Crippen LogP contribution in [0.1, 0.15) is 34.5 Å². The van der Waals surface area contributed by atoms with E-state index in [1.54, 1.807) is 35.8 Å². The first-order valence-electron chi connectivity index (χ1n) is 7.53. The van der Waals surface area contributed by atoms with Gasteiger partial charge in [-0.05, 0) is 36.4 Å². The fourth-order valence-electron chi connectivity index (χ4n) is 2.41. The summed E-state index contributed by atoms with van der Waals surface area (Å²) in [5, 5.41) is 10.9. The molecule has 0 spiro atoms. The molecule has 1 atom stereocenters. The van der Waals surface area contributed by atoms with Gasteiger partial charge >= 0.3 is 0 Å². The summed E-state index contributed by atoms with van der Waals surface area (Å²) in [4.78, 5) is 24.7. The monoisotopic (exact) mass is 344 g/mol. The summed E-state index contributed by atoms with van der Waals surface area (Å²) >= 11 is 1.73. The minimum absolute atomic E-state index is 0.0293. The summed E-state index contributed by atoms with van der Waals surface area (Å²) in [6.07, 6.45) is 2.04. The number of thioether (sulfide) groups is 1. The number of nitrogens with zero attached hydrogens (tertiary/aromatic N) is 2. The molecule has 6 heteroatoms. The Hall–Kier alpha value is -2.34. The maximum Gasteiger partial charge on any atom is 0.269 e. The number of hydrogen-bond acceptors (Lipinski definition) is 4. The molecule has 0 aliphatic carbocycles. The highest BCUT2D eigenvalue weighted by Gasteiger charge is 2.20. The first-order valence-corrected chi connectivity index (χ1v) is 8.92. The molecule has 0 unspecified atom stereocenters. The number of benzene rings is 2. The van der Waals surface area contributed by atoms with Crippen molar-refractivity contribution in [1.82, 2.24) is 4.90 Å². The molecule has 0 N–H and O–H groups in total. The van der Waals surface area contributed by atoms with Gasteiger partial charge in [-0.2, -0.15) is 11.8 Å². The number of nitro groups is 1. The van der Waals surface area contributed by atoms with Crippen LogP contribution in [-0.2, 0) is 5.75 Å². The van der Waals surface area contributed by atoms with Crippen molar-refractivity contribution in [1.29, 1.82) is 0 Å². The number of hydrogen-bond donors (Lipinski definition) is 0. The number of rotatable bonds is 6. The van der Waals surface area contributed by atoms with Crippen LogP contribution in [0.3, 0.4) is 0 Å². The van der Waals surface area contributed by atoms with Crippen molar-refractivity contribution in [2.75, 3.05) is 13.3 Å². The molecule has 0 aliphatic heterocycles. The molecule has 0 radical (unpaired) electrons. The second-order valence-electron chi connectivity index (χ2n) is 5.57. The zero-order valence-corrected chi connectivity index (χ0v) is 14.7. The van der Waals surface area contributed by atoms with E-state index in [1.165, 1.54) is 17.7 Å². The number of carbonyl (C=O) groups is 1. The molecule has 0 heterocycles. The minimum atomic E-state index is -0.428. The van der Waals surface area contributed by atoms with Gasteiger partial charge in [0, 0.05) is 30.5 Å². The second-order valence-corrected chi connectivity index (χ2v) is 6.44. The lowest BCUT2D eigenvalue weighted by Gasteiger charge is -2.25. The Morgan fingerprint density at radius 3 is 2.50 bits per heavy atom. The van der Waals surface area contributed by atoms with E-state index in [1.807, 2.05) is 37.4 Å². The highest BCUT2D eigenvalue weighted by molar-refractivity contribution is 7.97. The van der Waals surface area contributed by atoms with E-state index in [9.17, 15) is 14.9 Å². The van der Waals surface area contributed by atoms with Crippen LogP contribution in [0.2, 0.25) is 0 Å². The Bertz CT molecular complexity index is 731. The topological polar surface area (TPSA) is 63.5 Å². The van der Waals surface area contributed by atoms with Crippen molar-refractivity contribution < 1.29 is 9.72 Å². The molecule has 24 heavy (non-hydrogen) atoms. The van der Waals surface area contributed by atoms with Gasteiger partial charge in [0.1, 0.15) is 0 Å². The zero-order valence-electron chi connectivity index (χ0n) is 13.9. The van der Waals surface area contributed by atoms with Crippen LogP contribution in [-0.4, -0.2) is 29.0 Å². The van der Waals surface area contributed by atoms with Gasteiger partial charge in [-0.1, -0.05) is 24.3 Å². The van der Waals surface area contributed by atoms with Gasteiger partial charge in [0.25, 0.3) is 11.6 Å². The van der Waals surface area contributed by atoms with Crippen LogP contribution in [0.4, 0.5) is 5.69 Å². The summed E-state index contributed by atoms with van der Waals surface area (Å²) in [6.45, 7) is 1.86. The molecular weight excluding hydrogens is 324 g/mol. The molecule has 0 aliphatic rings. The van der Waals surface area contributed by atoms with Gasteiger partial charge in [0.2, 0.25) is 0 Å². The summed E-state index contributed by atoms with van der Waals surface area (Å²) in [6, 6.07) is 13.7. The predicted molar refractivity (Wildman–Crippen MR) is 97.3 cm³/mol. The van der Waals surface area contributed by atoms with E-state index in [0.717, 1.165) is 11.3 Å². The van der Waals surface area contributed by atoms with Crippen LogP contribution in [0.25, 0.3) is 0 Å². The first-order chi connectivity index (χ1) is 11.4. The van der Waals surface area contributed by atoms with Crippen LogP contribution in [0.15, 0.2) is 48.5 Å². The minimum Gasteiger partial charge on any atom is -0.335 e. The third kappa shape index (κ3) is 4.14. The predicted octanol–water partition coefficient (Wildman–Crippen LogP) is 4.29. The van der Waals surface area contributed by atoms with E-state index < -0.39 is 4.92 Å². The third-order valence-corrected chi connectivity index (χ3v) is 4.60. The summed E-state index contributed by atoms with van der Waals surface area (Å²) in [5.74, 6) is 0.804. The van der Waals surface area contributed by atoms with E-state index in [4.69, 9.17) is 0 Å². The normalized spacial score (nSPS) is 11.8. The van der Waals surface area contributed by atoms with Gasteiger partial charge < -0.3 is 4.90 Å². The van der Waals surface area contributed by atoms with Crippen LogP contribution in [0.5, 0.6) is 0 Å². The molecular formula is C18H20N2O3S. The van der Waals surface area contributed by atoms with Gasteiger partial charge in [-0.3, -0.25) is 14.9 Å². The van der Waals surface area contributed by atoms with E-state index in [2.05, 4.69) is 0 Å². The maximum absolute atomic E-state index is 12.6. The highest BCUT2D eigenvalue weighted by Crippen LogP contribution is 2.24. The molecule has 1 amide bonds. The number of non-ortho nitro benzene ring substituents is 1. The molecule has 2 aromatic rings. The average molecular weight is 344 g/mol. The van der Waals surface area contributed by atoms with E-state index >= 15 is 0 Å². The van der Waals surface area contributed by atoms with Crippen LogP contribution < -0.4 is 0 Å². The van der Waals surface area contributed by atoms with Crippen molar-refractivity contribution >= 4 is 23.4 Å². The van der Waals surface area contributed by atoms with Crippen molar-refractivity contribution in [3.63, 3.8) is 0 Å². The van der Waals surface area contributed by atoms with Gasteiger partial charge in [0.05, 0.1) is 11.0 Å². The van der Waals surface area contributed by atoms with Crippen LogP contribution in [0, 0.1) is 10.1 Å².